The summed E-state index contributed by atoms with van der Waals surface area (Å²) in [6, 6.07) is 5.42. The van der Waals surface area contributed by atoms with Gasteiger partial charge in [0.05, 0.1) is 5.69 Å². The quantitative estimate of drug-likeness (QED) is 0.886. The number of rotatable bonds is 4. The van der Waals surface area contributed by atoms with Crippen molar-refractivity contribution in [2.75, 3.05) is 18.5 Å². The van der Waals surface area contributed by atoms with Gasteiger partial charge in [-0.25, -0.2) is 0 Å². The zero-order valence-corrected chi connectivity index (χ0v) is 11.7. The molecule has 1 aromatic rings. The maximum Gasteiger partial charge on any atom is 0.151 e. The Kier molecular flexibility index (Phi) is 4.53. The minimum absolute atomic E-state index is 0.608. The molecule has 1 aromatic heterocycles. The van der Waals surface area contributed by atoms with Crippen LogP contribution < -0.4 is 10.2 Å². The molecule has 0 radical (unpaired) electrons. The van der Waals surface area contributed by atoms with Crippen LogP contribution in [0.1, 0.15) is 38.3 Å². The lowest BCUT2D eigenvalue weighted by Crippen LogP contribution is -2.41. The van der Waals surface area contributed by atoms with Gasteiger partial charge in [-0.2, -0.15) is 5.10 Å². The van der Waals surface area contributed by atoms with E-state index in [1.54, 1.807) is 0 Å². The third kappa shape index (κ3) is 3.19. The molecule has 0 unspecified atom stereocenters. The van der Waals surface area contributed by atoms with E-state index in [0.29, 0.717) is 12.1 Å². The summed E-state index contributed by atoms with van der Waals surface area (Å²) >= 11 is 0. The zero-order valence-electron chi connectivity index (χ0n) is 11.7. The Hall–Kier alpha value is -1.16. The van der Waals surface area contributed by atoms with E-state index < -0.39 is 0 Å². The third-order valence-electron chi connectivity index (χ3n) is 3.88. The molecule has 0 spiro atoms. The summed E-state index contributed by atoms with van der Waals surface area (Å²) in [5.74, 6) is 0.993. The Balaban J connectivity index is 1.91. The van der Waals surface area contributed by atoms with Crippen molar-refractivity contribution < 1.29 is 0 Å². The van der Waals surface area contributed by atoms with Gasteiger partial charge in [-0.1, -0.05) is 6.92 Å². The Bertz CT molecular complexity index is 355. The molecule has 1 saturated carbocycles. The van der Waals surface area contributed by atoms with Gasteiger partial charge in [0.25, 0.3) is 0 Å². The molecule has 1 aliphatic rings. The molecular weight excluding hydrogens is 224 g/mol. The third-order valence-corrected chi connectivity index (χ3v) is 3.88. The van der Waals surface area contributed by atoms with Gasteiger partial charge in [-0.15, -0.1) is 5.10 Å². The van der Waals surface area contributed by atoms with E-state index >= 15 is 0 Å². The number of nitrogens with zero attached hydrogens (tertiary/aromatic N) is 3. The van der Waals surface area contributed by atoms with Crippen LogP contribution in [0.15, 0.2) is 12.1 Å². The van der Waals surface area contributed by atoms with Gasteiger partial charge in [-0.3, -0.25) is 0 Å². The second-order valence-corrected chi connectivity index (χ2v) is 5.21. The summed E-state index contributed by atoms with van der Waals surface area (Å²) < 4.78 is 0. The first-order valence-corrected chi connectivity index (χ1v) is 6.97. The van der Waals surface area contributed by atoms with Crippen molar-refractivity contribution in [2.45, 2.75) is 51.6 Å². The van der Waals surface area contributed by atoms with Gasteiger partial charge in [0.1, 0.15) is 0 Å². The highest BCUT2D eigenvalue weighted by molar-refractivity contribution is 5.37. The molecule has 0 aliphatic heterocycles. The smallest absolute Gasteiger partial charge is 0.151 e. The fourth-order valence-electron chi connectivity index (χ4n) is 2.72. The van der Waals surface area contributed by atoms with Crippen molar-refractivity contribution >= 4 is 5.82 Å². The first-order chi connectivity index (χ1) is 8.70. The van der Waals surface area contributed by atoms with Crippen molar-refractivity contribution in [3.8, 4) is 0 Å². The summed E-state index contributed by atoms with van der Waals surface area (Å²) in [5, 5.41) is 11.9. The van der Waals surface area contributed by atoms with Crippen LogP contribution in [0.25, 0.3) is 0 Å². The van der Waals surface area contributed by atoms with Gasteiger partial charge in [-0.05, 0) is 51.3 Å². The first kappa shape index (κ1) is 13.3. The van der Waals surface area contributed by atoms with Crippen molar-refractivity contribution in [3.63, 3.8) is 0 Å². The molecule has 4 heteroatoms. The largest absolute Gasteiger partial charge is 0.355 e. The van der Waals surface area contributed by atoms with E-state index in [-0.39, 0.29) is 0 Å². The minimum atomic E-state index is 0.608. The molecule has 0 aromatic carbocycles. The number of nitrogens with one attached hydrogen (secondary N) is 1. The van der Waals surface area contributed by atoms with Crippen LogP contribution in [0.5, 0.6) is 0 Å². The average Bonchev–Trinajstić information content (AvgIpc) is 2.40. The van der Waals surface area contributed by atoms with Crippen LogP contribution in [0.2, 0.25) is 0 Å². The first-order valence-electron chi connectivity index (χ1n) is 6.97. The molecule has 0 amide bonds. The topological polar surface area (TPSA) is 41.0 Å². The predicted molar refractivity (Wildman–Crippen MR) is 74.9 cm³/mol. The molecule has 0 atom stereocenters. The molecule has 4 nitrogen and oxygen atoms in total. The molecule has 100 valence electrons. The lowest BCUT2D eigenvalue weighted by Gasteiger charge is -2.35. The average molecular weight is 248 g/mol. The Morgan fingerprint density at radius 3 is 2.50 bits per heavy atom. The standard InChI is InChI=1S/C14H24N4/c1-4-15-12-6-8-13(9-7-12)18(3)14-10-5-11(2)16-17-14/h5,10,12-13,15H,4,6-9H2,1-3H3. The van der Waals surface area contributed by atoms with E-state index in [0.717, 1.165) is 18.1 Å². The van der Waals surface area contributed by atoms with Gasteiger partial charge >= 0.3 is 0 Å². The number of anilines is 1. The van der Waals surface area contributed by atoms with Crippen LogP contribution in [-0.2, 0) is 0 Å². The second-order valence-electron chi connectivity index (χ2n) is 5.21. The molecule has 0 bridgehead atoms. The summed E-state index contributed by atoms with van der Waals surface area (Å²) in [6.07, 6.45) is 5.01. The van der Waals surface area contributed by atoms with E-state index in [4.69, 9.17) is 0 Å². The maximum absolute atomic E-state index is 4.27. The van der Waals surface area contributed by atoms with Gasteiger partial charge in [0.15, 0.2) is 5.82 Å². The maximum atomic E-state index is 4.27. The fraction of sp³-hybridized carbons (Fsp3) is 0.714. The van der Waals surface area contributed by atoms with Crippen molar-refractivity contribution in [3.05, 3.63) is 17.8 Å². The summed E-state index contributed by atoms with van der Waals surface area (Å²) in [5.41, 5.74) is 0.975. The number of aromatic nitrogens is 2. The van der Waals surface area contributed by atoms with Crippen LogP contribution >= 0.6 is 0 Å². The predicted octanol–water partition coefficient (Wildman–Crippen LogP) is 2.14. The van der Waals surface area contributed by atoms with Gasteiger partial charge in [0, 0.05) is 19.1 Å². The van der Waals surface area contributed by atoms with Crippen LogP contribution in [0.4, 0.5) is 5.82 Å². The highest BCUT2D eigenvalue weighted by atomic mass is 15.3. The Morgan fingerprint density at radius 1 is 1.22 bits per heavy atom. The molecule has 0 saturated heterocycles. The van der Waals surface area contributed by atoms with E-state index in [9.17, 15) is 0 Å². The summed E-state index contributed by atoms with van der Waals surface area (Å²) in [4.78, 5) is 2.29. The number of hydrogen-bond donors (Lipinski definition) is 1. The van der Waals surface area contributed by atoms with E-state index in [1.165, 1.54) is 25.7 Å². The van der Waals surface area contributed by atoms with Gasteiger partial charge in [0.2, 0.25) is 0 Å². The second kappa shape index (κ2) is 6.14. The van der Waals surface area contributed by atoms with Crippen molar-refractivity contribution in [1.29, 1.82) is 0 Å². The van der Waals surface area contributed by atoms with Crippen molar-refractivity contribution in [1.82, 2.24) is 15.5 Å². The Labute approximate surface area is 110 Å². The highest BCUT2D eigenvalue weighted by Gasteiger charge is 2.24. The normalized spacial score (nSPS) is 23.9. The van der Waals surface area contributed by atoms with Crippen molar-refractivity contribution in [2.24, 2.45) is 0 Å². The summed E-state index contributed by atoms with van der Waals surface area (Å²) in [7, 11) is 2.14. The molecular formula is C14H24N4. The number of aryl methyl sites for hydroxylation is 1. The lowest BCUT2D eigenvalue weighted by molar-refractivity contribution is 0.340. The highest BCUT2D eigenvalue weighted by Crippen LogP contribution is 2.25. The Morgan fingerprint density at radius 2 is 1.94 bits per heavy atom. The van der Waals surface area contributed by atoms with E-state index in [1.807, 2.05) is 13.0 Å². The molecule has 2 rings (SSSR count). The summed E-state index contributed by atoms with van der Waals surface area (Å²) in [6.45, 7) is 5.23. The molecule has 1 heterocycles. The van der Waals surface area contributed by atoms with Crippen LogP contribution in [0.3, 0.4) is 0 Å². The minimum Gasteiger partial charge on any atom is -0.355 e. The van der Waals surface area contributed by atoms with E-state index in [2.05, 4.69) is 40.5 Å². The fourth-order valence-corrected chi connectivity index (χ4v) is 2.72. The monoisotopic (exact) mass is 248 g/mol. The SMILES string of the molecule is CCNC1CCC(N(C)c2ccc(C)nn2)CC1. The van der Waals surface area contributed by atoms with Crippen LogP contribution in [-0.4, -0.2) is 35.9 Å². The van der Waals surface area contributed by atoms with Crippen LogP contribution in [0, 0.1) is 6.92 Å². The number of hydrogen-bond acceptors (Lipinski definition) is 4. The zero-order chi connectivity index (χ0) is 13.0. The molecule has 1 aliphatic carbocycles. The molecule has 1 fully saturated rings. The molecule has 1 N–H and O–H groups in total. The lowest BCUT2D eigenvalue weighted by atomic mass is 9.90. The van der Waals surface area contributed by atoms with Gasteiger partial charge < -0.3 is 10.2 Å². The molecule has 18 heavy (non-hydrogen) atoms.